The molecule has 0 radical (unpaired) electrons. The van der Waals surface area contributed by atoms with Crippen molar-refractivity contribution in [2.75, 3.05) is 26.9 Å². The van der Waals surface area contributed by atoms with Gasteiger partial charge in [-0.25, -0.2) is 9.59 Å². The molecule has 0 saturated heterocycles. The second-order valence-electron chi connectivity index (χ2n) is 8.94. The van der Waals surface area contributed by atoms with E-state index in [-0.39, 0.29) is 35.4 Å². The number of benzene rings is 2. The van der Waals surface area contributed by atoms with Gasteiger partial charge < -0.3 is 23.9 Å². The van der Waals surface area contributed by atoms with Gasteiger partial charge in [0, 0.05) is 34.7 Å². The van der Waals surface area contributed by atoms with E-state index >= 15 is 0 Å². The first-order valence-corrected chi connectivity index (χ1v) is 12.4. The maximum atomic E-state index is 13.5. The van der Waals surface area contributed by atoms with Gasteiger partial charge in [-0.1, -0.05) is 42.5 Å². The first-order chi connectivity index (χ1) is 18.3. The minimum Gasteiger partial charge on any atom is -0.466 e. The Morgan fingerprint density at radius 1 is 0.921 bits per heavy atom. The van der Waals surface area contributed by atoms with E-state index in [1.54, 1.807) is 39.0 Å². The van der Waals surface area contributed by atoms with E-state index in [0.717, 1.165) is 5.56 Å². The number of para-hydroxylation sites is 1. The van der Waals surface area contributed by atoms with Crippen molar-refractivity contribution in [3.8, 4) is 11.3 Å². The lowest BCUT2D eigenvalue weighted by atomic mass is 9.79. The highest BCUT2D eigenvalue weighted by atomic mass is 16.6. The molecule has 0 saturated carbocycles. The normalized spacial score (nSPS) is 15.4. The lowest BCUT2D eigenvalue weighted by Gasteiger charge is -2.30. The molecule has 1 aliphatic rings. The molecule has 0 bridgehead atoms. The number of hydrogen-bond donors (Lipinski definition) is 1. The minimum atomic E-state index is -0.901. The molecule has 1 aliphatic heterocycles. The third-order valence-corrected chi connectivity index (χ3v) is 6.57. The van der Waals surface area contributed by atoms with Gasteiger partial charge in [0.15, 0.2) is 5.43 Å². The molecule has 8 heteroatoms. The first kappa shape index (κ1) is 26.9. The summed E-state index contributed by atoms with van der Waals surface area (Å²) < 4.78 is 22.4. The molecule has 198 valence electrons. The molecule has 3 aromatic rings. The van der Waals surface area contributed by atoms with Gasteiger partial charge in [0.2, 0.25) is 0 Å². The average Bonchev–Trinajstić information content (AvgIpc) is 2.92. The SMILES string of the molecule is CCOCCOC(=O)C1=C(C)NC(C)=C(C(=O)OC)C1c1cccc2c(=O)c(C)c(-c3ccccc3)oc12. The number of nitrogens with one attached hydrogen (secondary N) is 1. The van der Waals surface area contributed by atoms with Crippen LogP contribution in [-0.4, -0.2) is 38.9 Å². The third kappa shape index (κ3) is 4.99. The van der Waals surface area contributed by atoms with Crippen LogP contribution in [0.1, 0.15) is 37.8 Å². The number of carbonyl (C=O) groups is 2. The van der Waals surface area contributed by atoms with Gasteiger partial charge in [-0.3, -0.25) is 4.79 Å². The van der Waals surface area contributed by atoms with Crippen molar-refractivity contribution in [3.05, 3.63) is 92.4 Å². The summed E-state index contributed by atoms with van der Waals surface area (Å²) in [6.45, 7) is 7.84. The summed E-state index contributed by atoms with van der Waals surface area (Å²) in [5.74, 6) is -1.70. The lowest BCUT2D eigenvalue weighted by Crippen LogP contribution is -2.32. The van der Waals surface area contributed by atoms with Crippen LogP contribution in [0.2, 0.25) is 0 Å². The van der Waals surface area contributed by atoms with Crippen molar-refractivity contribution in [1.29, 1.82) is 0 Å². The Bertz CT molecular complexity index is 1500. The predicted octanol–water partition coefficient (Wildman–Crippen LogP) is 4.76. The fourth-order valence-corrected chi connectivity index (χ4v) is 4.80. The van der Waals surface area contributed by atoms with Crippen molar-refractivity contribution in [1.82, 2.24) is 5.32 Å². The zero-order valence-electron chi connectivity index (χ0n) is 22.2. The lowest BCUT2D eigenvalue weighted by molar-refractivity contribution is -0.141. The van der Waals surface area contributed by atoms with Crippen LogP contribution < -0.4 is 10.7 Å². The number of esters is 2. The smallest absolute Gasteiger partial charge is 0.336 e. The summed E-state index contributed by atoms with van der Waals surface area (Å²) in [7, 11) is 1.28. The zero-order chi connectivity index (χ0) is 27.4. The minimum absolute atomic E-state index is 0.0500. The highest BCUT2D eigenvalue weighted by Crippen LogP contribution is 2.42. The Kier molecular flexibility index (Phi) is 8.12. The molecule has 0 fully saturated rings. The highest BCUT2D eigenvalue weighted by molar-refractivity contribution is 6.01. The summed E-state index contributed by atoms with van der Waals surface area (Å²) in [5.41, 5.74) is 3.29. The van der Waals surface area contributed by atoms with Gasteiger partial charge in [0.1, 0.15) is 18.0 Å². The van der Waals surface area contributed by atoms with Gasteiger partial charge in [-0.05, 0) is 33.8 Å². The highest BCUT2D eigenvalue weighted by Gasteiger charge is 2.39. The second-order valence-corrected chi connectivity index (χ2v) is 8.94. The summed E-state index contributed by atoms with van der Waals surface area (Å²) in [4.78, 5) is 40.0. The number of hydrogen-bond acceptors (Lipinski definition) is 8. The maximum Gasteiger partial charge on any atom is 0.336 e. The monoisotopic (exact) mass is 517 g/mol. The molecular formula is C30H31NO7. The number of fused-ring (bicyclic) bond motifs is 1. The van der Waals surface area contributed by atoms with Crippen molar-refractivity contribution >= 4 is 22.9 Å². The van der Waals surface area contributed by atoms with E-state index in [0.29, 0.717) is 40.3 Å². The third-order valence-electron chi connectivity index (χ3n) is 6.57. The van der Waals surface area contributed by atoms with Crippen molar-refractivity contribution in [3.63, 3.8) is 0 Å². The summed E-state index contributed by atoms with van der Waals surface area (Å²) in [6.07, 6.45) is 0. The van der Waals surface area contributed by atoms with Crippen molar-refractivity contribution in [2.45, 2.75) is 33.6 Å². The quantitative estimate of drug-likeness (QED) is 0.337. The second kappa shape index (κ2) is 11.5. The predicted molar refractivity (Wildman–Crippen MR) is 143 cm³/mol. The Morgan fingerprint density at radius 2 is 1.61 bits per heavy atom. The fourth-order valence-electron chi connectivity index (χ4n) is 4.80. The number of allylic oxidation sites excluding steroid dienone is 2. The first-order valence-electron chi connectivity index (χ1n) is 12.4. The average molecular weight is 518 g/mol. The summed E-state index contributed by atoms with van der Waals surface area (Å²) >= 11 is 0. The van der Waals surface area contributed by atoms with E-state index < -0.39 is 17.9 Å². The molecule has 1 unspecified atom stereocenters. The van der Waals surface area contributed by atoms with Crippen molar-refractivity contribution in [2.24, 2.45) is 0 Å². The molecule has 0 aliphatic carbocycles. The molecule has 4 rings (SSSR count). The van der Waals surface area contributed by atoms with E-state index in [4.69, 9.17) is 18.6 Å². The van der Waals surface area contributed by atoms with Gasteiger partial charge in [0.05, 0.1) is 36.2 Å². The fraction of sp³-hybridized carbons (Fsp3) is 0.300. The number of ether oxygens (including phenoxy) is 3. The molecule has 0 spiro atoms. The Balaban J connectivity index is 1.97. The van der Waals surface area contributed by atoms with E-state index in [9.17, 15) is 14.4 Å². The van der Waals surface area contributed by atoms with Gasteiger partial charge in [0.25, 0.3) is 0 Å². The van der Waals surface area contributed by atoms with E-state index in [1.807, 2.05) is 37.3 Å². The molecule has 1 atom stereocenters. The van der Waals surface area contributed by atoms with Crippen LogP contribution >= 0.6 is 0 Å². The molecule has 1 aromatic heterocycles. The molecule has 2 heterocycles. The molecule has 38 heavy (non-hydrogen) atoms. The number of carbonyl (C=O) groups excluding carboxylic acids is 2. The molecule has 2 aromatic carbocycles. The molecule has 1 N–H and O–H groups in total. The van der Waals surface area contributed by atoms with Crippen LogP contribution in [-0.2, 0) is 23.8 Å². The van der Waals surface area contributed by atoms with Crippen LogP contribution in [0, 0.1) is 6.92 Å². The van der Waals surface area contributed by atoms with Gasteiger partial charge in [-0.2, -0.15) is 0 Å². The van der Waals surface area contributed by atoms with Gasteiger partial charge >= 0.3 is 11.9 Å². The number of dihydropyridines is 1. The summed E-state index contributed by atoms with van der Waals surface area (Å²) in [5, 5.41) is 3.47. The Morgan fingerprint density at radius 3 is 2.26 bits per heavy atom. The van der Waals surface area contributed by atoms with Gasteiger partial charge in [-0.15, -0.1) is 0 Å². The summed E-state index contributed by atoms with van der Waals surface area (Å²) in [6, 6.07) is 14.5. The van der Waals surface area contributed by atoms with E-state index in [2.05, 4.69) is 5.32 Å². The van der Waals surface area contributed by atoms with Crippen molar-refractivity contribution < 1.29 is 28.2 Å². The van der Waals surface area contributed by atoms with Crippen LogP contribution in [0.15, 0.2) is 80.3 Å². The number of rotatable bonds is 8. The van der Waals surface area contributed by atoms with Crippen LogP contribution in [0.25, 0.3) is 22.3 Å². The topological polar surface area (TPSA) is 104 Å². The van der Waals surface area contributed by atoms with Crippen LogP contribution in [0.4, 0.5) is 0 Å². The molecule has 8 nitrogen and oxygen atoms in total. The van der Waals surface area contributed by atoms with E-state index in [1.165, 1.54) is 7.11 Å². The van der Waals surface area contributed by atoms with Crippen LogP contribution in [0.5, 0.6) is 0 Å². The zero-order valence-corrected chi connectivity index (χ0v) is 22.2. The Hall–Kier alpha value is -4.17. The number of methoxy groups -OCH3 is 1. The Labute approximate surface area is 220 Å². The molecular weight excluding hydrogens is 486 g/mol. The van der Waals surface area contributed by atoms with Crippen LogP contribution in [0.3, 0.4) is 0 Å². The standard InChI is InChI=1S/C30H31NO7/c1-6-36-15-16-37-30(34)24-19(4)31-18(3)23(29(33)35-5)25(24)21-13-10-14-22-26(32)17(2)27(38-28(21)22)20-11-8-7-9-12-20/h7-14,25,31H,6,15-16H2,1-5H3. The maximum absolute atomic E-state index is 13.5. The molecule has 0 amide bonds. The largest absolute Gasteiger partial charge is 0.466 e.